The predicted octanol–water partition coefficient (Wildman–Crippen LogP) is 3.45. The zero-order valence-electron chi connectivity index (χ0n) is 19.8. The average molecular weight is 501 g/mol. The van der Waals surface area contributed by atoms with Gasteiger partial charge in [-0.15, -0.1) is 0 Å². The SMILES string of the molecule is NC1CCC(NC(=O)C2N(C(=O)Nc3ccc(F)cc3)CCCN2C(=O)Nc2cccc(F)c2)CC1. The lowest BCUT2D eigenvalue weighted by Gasteiger charge is -2.43. The summed E-state index contributed by atoms with van der Waals surface area (Å²) in [5.74, 6) is -1.45. The van der Waals surface area contributed by atoms with Crippen LogP contribution in [0.1, 0.15) is 32.1 Å². The molecule has 1 atom stereocenters. The molecule has 1 heterocycles. The van der Waals surface area contributed by atoms with Crippen LogP contribution < -0.4 is 21.7 Å². The van der Waals surface area contributed by atoms with Crippen molar-refractivity contribution < 1.29 is 23.2 Å². The van der Waals surface area contributed by atoms with Gasteiger partial charge in [0.15, 0.2) is 6.17 Å². The second-order valence-electron chi connectivity index (χ2n) is 9.11. The van der Waals surface area contributed by atoms with Gasteiger partial charge in [0.2, 0.25) is 0 Å². The number of nitrogens with one attached hydrogen (secondary N) is 3. The van der Waals surface area contributed by atoms with Crippen molar-refractivity contribution >= 4 is 29.3 Å². The number of hydrogen-bond donors (Lipinski definition) is 4. The minimum atomic E-state index is -1.23. The zero-order valence-corrected chi connectivity index (χ0v) is 19.8. The van der Waals surface area contributed by atoms with Gasteiger partial charge in [-0.25, -0.2) is 18.4 Å². The van der Waals surface area contributed by atoms with Gasteiger partial charge in [0, 0.05) is 36.5 Å². The standard InChI is InChI=1S/C25H30F2N6O3/c26-16-5-9-20(10-6-16)30-24(35)32-13-2-14-33(25(36)31-21-4-1-3-17(27)15-21)23(32)22(34)29-19-11-7-18(28)8-12-19/h1,3-6,9-10,15,18-19,23H,2,7-8,11-14,28H2,(H,29,34)(H,30,35)(H,31,36). The molecule has 1 aliphatic carbocycles. The van der Waals surface area contributed by atoms with Gasteiger partial charge in [-0.1, -0.05) is 6.07 Å². The number of amides is 5. The maximum Gasteiger partial charge on any atom is 0.323 e. The Morgan fingerprint density at radius 1 is 0.806 bits per heavy atom. The molecule has 0 bridgehead atoms. The molecule has 0 radical (unpaired) electrons. The molecule has 192 valence electrons. The van der Waals surface area contributed by atoms with Gasteiger partial charge in [-0.3, -0.25) is 14.6 Å². The molecule has 1 saturated carbocycles. The fourth-order valence-electron chi connectivity index (χ4n) is 4.56. The number of nitrogens with zero attached hydrogens (tertiary/aromatic N) is 2. The maximum atomic E-state index is 13.6. The molecule has 0 spiro atoms. The number of anilines is 2. The topological polar surface area (TPSA) is 120 Å². The van der Waals surface area contributed by atoms with Crippen LogP contribution in [0.15, 0.2) is 48.5 Å². The molecule has 5 amide bonds. The number of nitrogens with two attached hydrogens (primary N) is 1. The van der Waals surface area contributed by atoms with E-state index in [4.69, 9.17) is 5.73 Å². The van der Waals surface area contributed by atoms with Gasteiger partial charge >= 0.3 is 12.1 Å². The molecule has 2 aromatic rings. The smallest absolute Gasteiger partial charge is 0.323 e. The van der Waals surface area contributed by atoms with E-state index in [1.807, 2.05) is 0 Å². The van der Waals surface area contributed by atoms with Crippen molar-refractivity contribution in [1.29, 1.82) is 0 Å². The highest BCUT2D eigenvalue weighted by molar-refractivity contribution is 5.98. The van der Waals surface area contributed by atoms with Crippen LogP contribution in [0.2, 0.25) is 0 Å². The fraction of sp³-hybridized carbons (Fsp3) is 0.400. The molecular formula is C25H30F2N6O3. The fourth-order valence-corrected chi connectivity index (χ4v) is 4.56. The summed E-state index contributed by atoms with van der Waals surface area (Å²) in [7, 11) is 0. The Kier molecular flexibility index (Phi) is 7.99. The van der Waals surface area contributed by atoms with E-state index < -0.39 is 35.8 Å². The molecule has 0 aromatic heterocycles. The number of benzene rings is 2. The van der Waals surface area contributed by atoms with Crippen molar-refractivity contribution in [3.63, 3.8) is 0 Å². The van der Waals surface area contributed by atoms with E-state index in [0.29, 0.717) is 24.9 Å². The molecule has 9 nitrogen and oxygen atoms in total. The Labute approximate surface area is 208 Å². The summed E-state index contributed by atoms with van der Waals surface area (Å²) < 4.78 is 26.9. The van der Waals surface area contributed by atoms with Crippen molar-refractivity contribution in [1.82, 2.24) is 15.1 Å². The second-order valence-corrected chi connectivity index (χ2v) is 9.11. The van der Waals surface area contributed by atoms with Gasteiger partial charge in [0.05, 0.1) is 0 Å². The van der Waals surface area contributed by atoms with E-state index in [2.05, 4.69) is 16.0 Å². The van der Waals surface area contributed by atoms with Crippen LogP contribution in [0, 0.1) is 11.6 Å². The Morgan fingerprint density at radius 3 is 2.03 bits per heavy atom. The molecule has 2 aliphatic rings. The van der Waals surface area contributed by atoms with Crippen molar-refractivity contribution in [3.05, 3.63) is 60.2 Å². The van der Waals surface area contributed by atoms with Gasteiger partial charge in [-0.05, 0) is 74.6 Å². The van der Waals surface area contributed by atoms with Crippen molar-refractivity contribution in [3.8, 4) is 0 Å². The second kappa shape index (κ2) is 11.3. The van der Waals surface area contributed by atoms with Crippen LogP contribution in [-0.4, -0.2) is 59.1 Å². The lowest BCUT2D eigenvalue weighted by atomic mass is 9.92. The first-order chi connectivity index (χ1) is 17.3. The molecule has 1 unspecified atom stereocenters. The molecule has 1 aliphatic heterocycles. The lowest BCUT2D eigenvalue weighted by Crippen LogP contribution is -2.65. The average Bonchev–Trinajstić information content (AvgIpc) is 2.86. The van der Waals surface area contributed by atoms with E-state index in [-0.39, 0.29) is 30.9 Å². The Balaban J connectivity index is 1.54. The normalized spacial score (nSPS) is 22.0. The zero-order chi connectivity index (χ0) is 25.7. The maximum absolute atomic E-state index is 13.6. The molecule has 36 heavy (non-hydrogen) atoms. The minimum absolute atomic E-state index is 0.0966. The summed E-state index contributed by atoms with van der Waals surface area (Å²) in [6.45, 7) is 0.444. The monoisotopic (exact) mass is 500 g/mol. The van der Waals surface area contributed by atoms with E-state index in [1.54, 1.807) is 0 Å². The first-order valence-electron chi connectivity index (χ1n) is 12.0. The summed E-state index contributed by atoms with van der Waals surface area (Å²) >= 11 is 0. The third-order valence-electron chi connectivity index (χ3n) is 6.43. The molecule has 2 fully saturated rings. The van der Waals surface area contributed by atoms with Crippen LogP contribution in [0.25, 0.3) is 0 Å². The van der Waals surface area contributed by atoms with Crippen molar-refractivity contribution in [2.45, 2.75) is 50.4 Å². The highest BCUT2D eigenvalue weighted by Gasteiger charge is 2.41. The molecule has 1 saturated heterocycles. The number of rotatable bonds is 4. The number of urea groups is 2. The van der Waals surface area contributed by atoms with Crippen molar-refractivity contribution in [2.75, 3.05) is 23.7 Å². The van der Waals surface area contributed by atoms with Gasteiger partial charge in [-0.2, -0.15) is 0 Å². The Morgan fingerprint density at radius 2 is 1.42 bits per heavy atom. The molecular weight excluding hydrogens is 470 g/mol. The summed E-state index contributed by atoms with van der Waals surface area (Å²) in [4.78, 5) is 42.4. The summed E-state index contributed by atoms with van der Waals surface area (Å²) in [6.07, 6.45) is 2.15. The number of carbonyl (C=O) groups is 3. The van der Waals surface area contributed by atoms with Crippen LogP contribution in [0.5, 0.6) is 0 Å². The number of halogens is 2. The van der Waals surface area contributed by atoms with Crippen LogP contribution in [0.4, 0.5) is 29.7 Å². The highest BCUT2D eigenvalue weighted by atomic mass is 19.1. The van der Waals surface area contributed by atoms with Gasteiger partial charge < -0.3 is 21.7 Å². The Bertz CT molecular complexity index is 1090. The van der Waals surface area contributed by atoms with E-state index in [1.165, 1.54) is 58.3 Å². The minimum Gasteiger partial charge on any atom is -0.350 e. The van der Waals surface area contributed by atoms with Crippen LogP contribution >= 0.6 is 0 Å². The first-order valence-corrected chi connectivity index (χ1v) is 12.0. The highest BCUT2D eigenvalue weighted by Crippen LogP contribution is 2.22. The predicted molar refractivity (Wildman–Crippen MR) is 131 cm³/mol. The largest absolute Gasteiger partial charge is 0.350 e. The molecule has 4 rings (SSSR count). The third kappa shape index (κ3) is 6.28. The summed E-state index contributed by atoms with van der Waals surface area (Å²) in [6, 6.07) is 9.40. The van der Waals surface area contributed by atoms with E-state index in [9.17, 15) is 23.2 Å². The number of hydrogen-bond acceptors (Lipinski definition) is 4. The van der Waals surface area contributed by atoms with E-state index in [0.717, 1.165) is 12.8 Å². The van der Waals surface area contributed by atoms with Crippen molar-refractivity contribution in [2.24, 2.45) is 5.73 Å². The van der Waals surface area contributed by atoms with Crippen LogP contribution in [0.3, 0.4) is 0 Å². The van der Waals surface area contributed by atoms with Crippen LogP contribution in [-0.2, 0) is 4.79 Å². The molecule has 5 N–H and O–H groups in total. The van der Waals surface area contributed by atoms with Gasteiger partial charge in [0.1, 0.15) is 11.6 Å². The lowest BCUT2D eigenvalue weighted by molar-refractivity contribution is -0.132. The van der Waals surface area contributed by atoms with E-state index >= 15 is 0 Å². The molecule has 2 aromatic carbocycles. The quantitative estimate of drug-likeness (QED) is 0.514. The molecule has 11 heteroatoms. The third-order valence-corrected chi connectivity index (χ3v) is 6.43. The summed E-state index contributed by atoms with van der Waals surface area (Å²) in [5.41, 5.74) is 6.56. The summed E-state index contributed by atoms with van der Waals surface area (Å²) in [5, 5.41) is 8.25. The Hall–Kier alpha value is -3.73. The first kappa shape index (κ1) is 25.4. The van der Waals surface area contributed by atoms with Gasteiger partial charge in [0.25, 0.3) is 5.91 Å². The number of carbonyl (C=O) groups excluding carboxylic acids is 3.